The molecule has 0 radical (unpaired) electrons. The van der Waals surface area contributed by atoms with E-state index in [-0.39, 0.29) is 11.3 Å². The number of carbonyl (C=O) groups is 1. The molecule has 0 aliphatic heterocycles. The molecule has 5 nitrogen and oxygen atoms in total. The van der Waals surface area contributed by atoms with Gasteiger partial charge in [-0.15, -0.1) is 0 Å². The Morgan fingerprint density at radius 1 is 1.22 bits per heavy atom. The molecule has 0 amide bonds. The van der Waals surface area contributed by atoms with Gasteiger partial charge in [0.25, 0.3) is 0 Å². The molecule has 8 heteroatoms. The first-order valence-corrected chi connectivity index (χ1v) is 6.53. The average molecular weight is 321 g/mol. The van der Waals surface area contributed by atoms with Gasteiger partial charge in [0.2, 0.25) is 0 Å². The Hall–Kier alpha value is -2.90. The summed E-state index contributed by atoms with van der Waals surface area (Å²) >= 11 is 0. The van der Waals surface area contributed by atoms with E-state index in [4.69, 9.17) is 5.11 Å². The van der Waals surface area contributed by atoms with E-state index >= 15 is 0 Å². The fourth-order valence-corrected chi connectivity index (χ4v) is 2.21. The quantitative estimate of drug-likeness (QED) is 0.785. The molecule has 0 bridgehead atoms. The number of aromatic nitrogens is 3. The Kier molecular flexibility index (Phi) is 3.32. The van der Waals surface area contributed by atoms with Gasteiger partial charge >= 0.3 is 12.1 Å². The van der Waals surface area contributed by atoms with Crippen molar-refractivity contribution in [3.63, 3.8) is 0 Å². The molecule has 118 valence electrons. The normalized spacial score (nSPS) is 11.8. The van der Waals surface area contributed by atoms with Crippen LogP contribution in [-0.2, 0) is 6.18 Å². The number of alkyl halides is 3. The van der Waals surface area contributed by atoms with Crippen molar-refractivity contribution in [3.05, 3.63) is 53.6 Å². The minimum absolute atomic E-state index is 0.0350. The number of aromatic carboxylic acids is 1. The van der Waals surface area contributed by atoms with Gasteiger partial charge in [-0.1, -0.05) is 29.8 Å². The number of benzene rings is 1. The number of carboxylic acid groups (broad SMARTS) is 1. The number of nitrogens with zero attached hydrogens (tertiary/aromatic N) is 3. The molecule has 2 aromatic heterocycles. The molecule has 3 rings (SSSR count). The van der Waals surface area contributed by atoms with Crippen molar-refractivity contribution in [3.8, 4) is 11.3 Å². The number of halogens is 3. The maximum absolute atomic E-state index is 13.3. The largest absolute Gasteiger partial charge is 0.476 e. The summed E-state index contributed by atoms with van der Waals surface area (Å²) < 4.78 is 40.4. The van der Waals surface area contributed by atoms with E-state index in [0.717, 1.165) is 18.0 Å². The molecule has 23 heavy (non-hydrogen) atoms. The molecule has 0 atom stereocenters. The van der Waals surface area contributed by atoms with E-state index in [1.807, 2.05) is 6.92 Å². The van der Waals surface area contributed by atoms with Crippen LogP contribution in [0.15, 0.2) is 36.7 Å². The first-order valence-electron chi connectivity index (χ1n) is 6.53. The van der Waals surface area contributed by atoms with Crippen molar-refractivity contribution >= 4 is 11.6 Å². The van der Waals surface area contributed by atoms with E-state index in [2.05, 4.69) is 9.97 Å². The molecular weight excluding hydrogens is 311 g/mol. The van der Waals surface area contributed by atoms with Crippen LogP contribution in [0.4, 0.5) is 13.2 Å². The minimum Gasteiger partial charge on any atom is -0.476 e. The lowest BCUT2D eigenvalue weighted by Gasteiger charge is -2.12. The fraction of sp³-hybridized carbons (Fsp3) is 0.133. The zero-order valence-electron chi connectivity index (χ0n) is 11.8. The second-order valence-corrected chi connectivity index (χ2v) is 4.98. The van der Waals surface area contributed by atoms with Crippen molar-refractivity contribution in [2.75, 3.05) is 0 Å². The number of fused-ring (bicyclic) bond motifs is 1. The zero-order chi connectivity index (χ0) is 16.8. The molecule has 3 aromatic rings. The summed E-state index contributed by atoms with van der Waals surface area (Å²) in [5.74, 6) is -1.44. The number of imidazole rings is 1. The summed E-state index contributed by atoms with van der Waals surface area (Å²) in [4.78, 5) is 18.7. The summed E-state index contributed by atoms with van der Waals surface area (Å²) in [5.41, 5.74) is -0.458. The number of hydrogen-bond donors (Lipinski definition) is 1. The van der Waals surface area contributed by atoms with Crippen LogP contribution in [0.2, 0.25) is 0 Å². The summed E-state index contributed by atoms with van der Waals surface area (Å²) in [6, 6.07) is 7.62. The lowest BCUT2D eigenvalue weighted by molar-refractivity contribution is -0.142. The van der Waals surface area contributed by atoms with Crippen molar-refractivity contribution in [2.24, 2.45) is 0 Å². The van der Waals surface area contributed by atoms with Gasteiger partial charge in [-0.05, 0) is 13.0 Å². The van der Waals surface area contributed by atoms with Gasteiger partial charge in [0.1, 0.15) is 12.0 Å². The lowest BCUT2D eigenvalue weighted by atomic mass is 10.1. The van der Waals surface area contributed by atoms with Crippen molar-refractivity contribution in [1.29, 1.82) is 0 Å². The Morgan fingerprint density at radius 3 is 2.43 bits per heavy atom. The van der Waals surface area contributed by atoms with Crippen LogP contribution in [0.3, 0.4) is 0 Å². The highest BCUT2D eigenvalue weighted by Crippen LogP contribution is 2.32. The second kappa shape index (κ2) is 5.08. The maximum atomic E-state index is 13.3. The van der Waals surface area contributed by atoms with E-state index in [1.165, 1.54) is 0 Å². The third kappa shape index (κ3) is 2.63. The molecule has 2 heterocycles. The van der Waals surface area contributed by atoms with Gasteiger partial charge < -0.3 is 5.11 Å². The SMILES string of the molecule is Cc1ccc(-c2cc(C(F)(F)F)n3cnc(C(=O)O)c3n2)cc1. The zero-order valence-corrected chi connectivity index (χ0v) is 11.8. The molecule has 0 unspecified atom stereocenters. The van der Waals surface area contributed by atoms with Crippen LogP contribution < -0.4 is 0 Å². The smallest absolute Gasteiger partial charge is 0.431 e. The van der Waals surface area contributed by atoms with Crippen LogP contribution in [0.5, 0.6) is 0 Å². The van der Waals surface area contributed by atoms with Gasteiger partial charge in [0, 0.05) is 5.56 Å². The Labute approximate surface area is 128 Å². The third-order valence-electron chi connectivity index (χ3n) is 3.34. The highest BCUT2D eigenvalue weighted by atomic mass is 19.4. The Balaban J connectivity index is 2.33. The third-order valence-corrected chi connectivity index (χ3v) is 3.34. The number of carboxylic acids is 1. The van der Waals surface area contributed by atoms with Crippen molar-refractivity contribution in [1.82, 2.24) is 14.4 Å². The number of hydrogen-bond acceptors (Lipinski definition) is 3. The Morgan fingerprint density at radius 2 is 1.87 bits per heavy atom. The lowest BCUT2D eigenvalue weighted by Crippen LogP contribution is -2.13. The van der Waals surface area contributed by atoms with Crippen LogP contribution in [0.25, 0.3) is 16.9 Å². The first kappa shape index (κ1) is 15.0. The topological polar surface area (TPSA) is 67.5 Å². The summed E-state index contributed by atoms with van der Waals surface area (Å²) in [6.45, 7) is 1.85. The standard InChI is InChI=1S/C15H10F3N3O2/c1-8-2-4-9(5-3-8)10-6-11(15(16,17)18)21-7-19-12(14(22)23)13(21)20-10/h2-7H,1H3,(H,22,23). The number of rotatable bonds is 2. The van der Waals surface area contributed by atoms with Gasteiger partial charge in [0.15, 0.2) is 11.3 Å². The van der Waals surface area contributed by atoms with E-state index in [0.29, 0.717) is 9.96 Å². The van der Waals surface area contributed by atoms with Gasteiger partial charge in [-0.25, -0.2) is 14.8 Å². The van der Waals surface area contributed by atoms with E-state index in [9.17, 15) is 18.0 Å². The molecular formula is C15H10F3N3O2. The van der Waals surface area contributed by atoms with Crippen molar-refractivity contribution < 1.29 is 23.1 Å². The second-order valence-electron chi connectivity index (χ2n) is 4.98. The minimum atomic E-state index is -4.67. The fourth-order valence-electron chi connectivity index (χ4n) is 2.21. The first-order chi connectivity index (χ1) is 10.8. The molecule has 0 spiro atoms. The van der Waals surface area contributed by atoms with Crippen LogP contribution in [0, 0.1) is 6.92 Å². The van der Waals surface area contributed by atoms with Crippen LogP contribution >= 0.6 is 0 Å². The summed E-state index contributed by atoms with van der Waals surface area (Å²) in [5, 5.41) is 9.07. The highest BCUT2D eigenvalue weighted by molar-refractivity contribution is 5.92. The number of aryl methyl sites for hydroxylation is 1. The van der Waals surface area contributed by atoms with Crippen molar-refractivity contribution in [2.45, 2.75) is 13.1 Å². The summed E-state index contributed by atoms with van der Waals surface area (Å²) in [6.07, 6.45) is -3.86. The molecule has 0 aliphatic carbocycles. The summed E-state index contributed by atoms with van der Waals surface area (Å²) in [7, 11) is 0. The molecule has 0 saturated heterocycles. The average Bonchev–Trinajstić information content (AvgIpc) is 2.89. The van der Waals surface area contributed by atoms with E-state index < -0.39 is 23.5 Å². The predicted molar refractivity (Wildman–Crippen MR) is 75.1 cm³/mol. The van der Waals surface area contributed by atoms with E-state index in [1.54, 1.807) is 24.3 Å². The molecule has 1 N–H and O–H groups in total. The molecule has 1 aromatic carbocycles. The maximum Gasteiger partial charge on any atom is 0.431 e. The van der Waals surface area contributed by atoms with Gasteiger partial charge in [-0.3, -0.25) is 4.40 Å². The molecule has 0 saturated carbocycles. The molecule has 0 fully saturated rings. The van der Waals surface area contributed by atoms with Gasteiger partial charge in [0.05, 0.1) is 5.69 Å². The van der Waals surface area contributed by atoms with Gasteiger partial charge in [-0.2, -0.15) is 13.2 Å². The predicted octanol–water partition coefficient (Wildman–Crippen LogP) is 3.42. The molecule has 0 aliphatic rings. The highest BCUT2D eigenvalue weighted by Gasteiger charge is 2.35. The monoisotopic (exact) mass is 321 g/mol. The van der Waals surface area contributed by atoms with Crippen LogP contribution in [-0.4, -0.2) is 25.4 Å². The Bertz CT molecular complexity index is 899. The van der Waals surface area contributed by atoms with Crippen LogP contribution in [0.1, 0.15) is 21.7 Å².